The van der Waals surface area contributed by atoms with Gasteiger partial charge in [0.05, 0.1) is 25.3 Å². The number of rotatable bonds is 5. The second kappa shape index (κ2) is 8.64. The highest BCUT2D eigenvalue weighted by molar-refractivity contribution is 5.87. The summed E-state index contributed by atoms with van der Waals surface area (Å²) < 4.78 is 22.7. The zero-order chi connectivity index (χ0) is 22.9. The van der Waals surface area contributed by atoms with E-state index in [1.807, 2.05) is 36.4 Å². The fourth-order valence-electron chi connectivity index (χ4n) is 4.31. The van der Waals surface area contributed by atoms with Crippen molar-refractivity contribution in [1.82, 2.24) is 4.90 Å². The van der Waals surface area contributed by atoms with E-state index in [1.54, 1.807) is 32.4 Å². The first-order valence-electron chi connectivity index (χ1n) is 10.8. The average Bonchev–Trinajstić information content (AvgIpc) is 2.87. The summed E-state index contributed by atoms with van der Waals surface area (Å²) in [5, 5.41) is 0.832. The number of hydrogen-bond donors (Lipinski definition) is 0. The first kappa shape index (κ1) is 21.1. The number of methoxy groups -OCH3 is 2. The van der Waals surface area contributed by atoms with E-state index in [1.165, 1.54) is 5.56 Å². The predicted molar refractivity (Wildman–Crippen MR) is 127 cm³/mol. The van der Waals surface area contributed by atoms with Crippen LogP contribution in [0, 0.1) is 0 Å². The van der Waals surface area contributed by atoms with Gasteiger partial charge in [-0.15, -0.1) is 0 Å². The maximum atomic E-state index is 13.1. The van der Waals surface area contributed by atoms with Crippen LogP contribution in [0.1, 0.15) is 24.1 Å². The van der Waals surface area contributed by atoms with Gasteiger partial charge in [0, 0.05) is 29.6 Å². The van der Waals surface area contributed by atoms with Gasteiger partial charge >= 0.3 is 5.63 Å². The lowest BCUT2D eigenvalue weighted by molar-refractivity contribution is 0.0620. The third-order valence-electron chi connectivity index (χ3n) is 6.24. The molecule has 4 aromatic rings. The molecule has 1 aromatic heterocycles. The Balaban J connectivity index is 1.56. The molecule has 1 atom stereocenters. The largest absolute Gasteiger partial charge is 0.497 e. The minimum Gasteiger partial charge on any atom is -0.497 e. The van der Waals surface area contributed by atoms with Crippen molar-refractivity contribution in [1.29, 1.82) is 0 Å². The Morgan fingerprint density at radius 1 is 0.939 bits per heavy atom. The highest BCUT2D eigenvalue weighted by Gasteiger charge is 2.26. The molecule has 2 heterocycles. The van der Waals surface area contributed by atoms with Crippen molar-refractivity contribution in [3.8, 4) is 28.4 Å². The van der Waals surface area contributed by atoms with Gasteiger partial charge in [-0.2, -0.15) is 0 Å². The third-order valence-corrected chi connectivity index (χ3v) is 6.24. The fraction of sp³-hybridized carbons (Fsp3) is 0.222. The van der Waals surface area contributed by atoms with Gasteiger partial charge in [0.25, 0.3) is 0 Å². The molecule has 0 radical (unpaired) electrons. The lowest BCUT2D eigenvalue weighted by atomic mass is 10.0. The quantitative estimate of drug-likeness (QED) is 0.386. The van der Waals surface area contributed by atoms with E-state index < -0.39 is 5.63 Å². The van der Waals surface area contributed by atoms with E-state index in [0.717, 1.165) is 16.7 Å². The van der Waals surface area contributed by atoms with Gasteiger partial charge < -0.3 is 18.6 Å². The number of benzene rings is 3. The summed E-state index contributed by atoms with van der Waals surface area (Å²) in [6.45, 7) is 3.25. The van der Waals surface area contributed by atoms with Gasteiger partial charge in [0.1, 0.15) is 29.6 Å². The zero-order valence-electron chi connectivity index (χ0n) is 18.8. The van der Waals surface area contributed by atoms with Crippen LogP contribution in [-0.4, -0.2) is 25.9 Å². The maximum absolute atomic E-state index is 13.1. The van der Waals surface area contributed by atoms with Crippen molar-refractivity contribution in [2.45, 2.75) is 19.5 Å². The smallest absolute Gasteiger partial charge is 0.344 e. The molecular weight excluding hydrogens is 418 g/mol. The topological polar surface area (TPSA) is 61.1 Å². The van der Waals surface area contributed by atoms with E-state index >= 15 is 0 Å². The molecule has 0 amide bonds. The summed E-state index contributed by atoms with van der Waals surface area (Å²) in [5.41, 5.74) is 3.31. The molecule has 0 N–H and O–H groups in total. The monoisotopic (exact) mass is 443 g/mol. The average molecular weight is 443 g/mol. The Kier molecular flexibility index (Phi) is 5.52. The molecule has 0 fully saturated rings. The minimum atomic E-state index is -0.424. The Bertz CT molecular complexity index is 1360. The van der Waals surface area contributed by atoms with Crippen LogP contribution in [0.5, 0.6) is 17.2 Å². The molecular formula is C27H25NO5. The summed E-state index contributed by atoms with van der Waals surface area (Å²) in [6.07, 6.45) is 0. The third kappa shape index (κ3) is 3.83. The zero-order valence-corrected chi connectivity index (χ0v) is 18.8. The maximum Gasteiger partial charge on any atom is 0.344 e. The summed E-state index contributed by atoms with van der Waals surface area (Å²) in [4.78, 5) is 15.3. The molecule has 1 aliphatic heterocycles. The molecule has 0 aliphatic carbocycles. The molecule has 0 spiro atoms. The Labute approximate surface area is 191 Å². The lowest BCUT2D eigenvalue weighted by Crippen LogP contribution is -2.34. The van der Waals surface area contributed by atoms with Crippen LogP contribution in [-0.2, 0) is 6.54 Å². The first-order chi connectivity index (χ1) is 16.1. The molecule has 0 saturated heterocycles. The summed E-state index contributed by atoms with van der Waals surface area (Å²) in [5.74, 6) is 1.95. The molecule has 3 aromatic carbocycles. The van der Waals surface area contributed by atoms with Crippen LogP contribution < -0.4 is 19.8 Å². The van der Waals surface area contributed by atoms with E-state index in [2.05, 4.69) is 24.0 Å². The second-order valence-corrected chi connectivity index (χ2v) is 8.08. The summed E-state index contributed by atoms with van der Waals surface area (Å²) >= 11 is 0. The van der Waals surface area contributed by atoms with E-state index in [0.29, 0.717) is 41.5 Å². The molecule has 5 rings (SSSR count). The Hall–Kier alpha value is -3.77. The van der Waals surface area contributed by atoms with Crippen LogP contribution in [0.3, 0.4) is 0 Å². The fourth-order valence-corrected chi connectivity index (χ4v) is 4.31. The number of hydrogen-bond acceptors (Lipinski definition) is 6. The SMILES string of the molecule is COc1ccc(-c2cc3ccc4c(c3oc2=O)CN(C(C)c2ccccc2)CO4)c(OC)c1. The first-order valence-corrected chi connectivity index (χ1v) is 10.8. The van der Waals surface area contributed by atoms with Crippen LogP contribution in [0.15, 0.2) is 75.9 Å². The molecule has 1 aliphatic rings. The molecule has 33 heavy (non-hydrogen) atoms. The van der Waals surface area contributed by atoms with Crippen molar-refractivity contribution in [2.75, 3.05) is 21.0 Å². The minimum absolute atomic E-state index is 0.157. The Morgan fingerprint density at radius 2 is 1.76 bits per heavy atom. The number of nitrogens with zero attached hydrogens (tertiary/aromatic N) is 1. The van der Waals surface area contributed by atoms with Crippen molar-refractivity contribution in [3.05, 3.63) is 88.3 Å². The summed E-state index contributed by atoms with van der Waals surface area (Å²) in [7, 11) is 3.16. The highest BCUT2D eigenvalue weighted by atomic mass is 16.5. The van der Waals surface area contributed by atoms with Gasteiger partial charge in [-0.1, -0.05) is 30.3 Å². The predicted octanol–water partition coefficient (Wildman–Crippen LogP) is 5.39. The Morgan fingerprint density at radius 3 is 2.52 bits per heavy atom. The standard InChI is InChI=1S/C27H25NO5/c1-17(18-7-5-4-6-8-18)28-15-23-24(32-16-28)12-9-19-13-22(27(29)33-26(19)23)21-11-10-20(30-2)14-25(21)31-3/h4-14,17H,15-16H2,1-3H3. The van der Waals surface area contributed by atoms with Gasteiger partial charge in [-0.05, 0) is 42.8 Å². The second-order valence-electron chi connectivity index (χ2n) is 8.08. The molecule has 168 valence electrons. The van der Waals surface area contributed by atoms with Crippen molar-refractivity contribution in [2.24, 2.45) is 0 Å². The molecule has 1 unspecified atom stereocenters. The van der Waals surface area contributed by atoms with Crippen molar-refractivity contribution in [3.63, 3.8) is 0 Å². The molecule has 6 heteroatoms. The normalized spacial score (nSPS) is 14.4. The highest BCUT2D eigenvalue weighted by Crippen LogP contribution is 2.37. The van der Waals surface area contributed by atoms with E-state index in [-0.39, 0.29) is 6.04 Å². The number of fused-ring (bicyclic) bond motifs is 3. The van der Waals surface area contributed by atoms with E-state index in [9.17, 15) is 4.79 Å². The van der Waals surface area contributed by atoms with Crippen molar-refractivity contribution < 1.29 is 18.6 Å². The molecule has 0 saturated carbocycles. The number of ether oxygens (including phenoxy) is 3. The van der Waals surface area contributed by atoms with Crippen molar-refractivity contribution >= 4 is 11.0 Å². The van der Waals surface area contributed by atoms with Gasteiger partial charge in [-0.3, -0.25) is 4.90 Å². The van der Waals surface area contributed by atoms with Gasteiger partial charge in [0.15, 0.2) is 0 Å². The van der Waals surface area contributed by atoms with Crippen LogP contribution in [0.2, 0.25) is 0 Å². The van der Waals surface area contributed by atoms with E-state index in [4.69, 9.17) is 18.6 Å². The molecule has 0 bridgehead atoms. The van der Waals surface area contributed by atoms with Crippen LogP contribution in [0.25, 0.3) is 22.1 Å². The lowest BCUT2D eigenvalue weighted by Gasteiger charge is -2.34. The van der Waals surface area contributed by atoms with Gasteiger partial charge in [-0.25, -0.2) is 4.79 Å². The van der Waals surface area contributed by atoms with Crippen LogP contribution in [0.4, 0.5) is 0 Å². The van der Waals surface area contributed by atoms with Gasteiger partial charge in [0.2, 0.25) is 0 Å². The molecule has 6 nitrogen and oxygen atoms in total. The summed E-state index contributed by atoms with van der Waals surface area (Å²) in [6, 6.07) is 21.5. The van der Waals surface area contributed by atoms with Crippen LogP contribution >= 0.6 is 0 Å².